The van der Waals surface area contributed by atoms with Crippen molar-refractivity contribution in [3.05, 3.63) is 107 Å². The maximum absolute atomic E-state index is 14.6. The molecule has 6 aromatic rings. The maximum Gasteiger partial charge on any atom is 0.355 e. The van der Waals surface area contributed by atoms with Crippen molar-refractivity contribution in [1.29, 1.82) is 0 Å². The van der Waals surface area contributed by atoms with Gasteiger partial charge in [-0.25, -0.2) is 19.6 Å². The van der Waals surface area contributed by atoms with Gasteiger partial charge in [0.2, 0.25) is 23.6 Å². The normalized spacial score (nSPS) is 20.1. The van der Waals surface area contributed by atoms with Crippen LogP contribution in [0.5, 0.6) is 0 Å². The highest BCUT2D eigenvalue weighted by Gasteiger charge is 2.59. The van der Waals surface area contributed by atoms with Gasteiger partial charge in [-0.3, -0.25) is 52.8 Å². The Bertz CT molecular complexity index is 4450. The Morgan fingerprint density at radius 1 is 0.827 bits per heavy atom. The molecule has 5 fully saturated rings. The number of nitrogens with zero attached hydrogens (tertiary/aromatic N) is 11. The van der Waals surface area contributed by atoms with Crippen LogP contribution in [0, 0.1) is 37.0 Å². The number of pyridine rings is 1. The first-order valence-electron chi connectivity index (χ1n) is 37.7. The number of benzene rings is 2. The minimum Gasteiger partial charge on any atom is -0.480 e. The van der Waals surface area contributed by atoms with Crippen LogP contribution < -0.4 is 37.2 Å². The van der Waals surface area contributed by atoms with Crippen molar-refractivity contribution in [2.24, 2.45) is 28.9 Å². The molecule has 586 valence electrons. The number of aromatic nitrogens is 6. The van der Waals surface area contributed by atoms with Gasteiger partial charge in [-0.05, 0) is 143 Å². The molecule has 0 spiro atoms. The summed E-state index contributed by atoms with van der Waals surface area (Å²) in [6, 6.07) is 13.9. The van der Waals surface area contributed by atoms with Gasteiger partial charge in [0.05, 0.1) is 81.1 Å². The molecular formula is C77H98N17O15S+. The molecule has 33 heteroatoms. The number of thiazole rings is 1. The lowest BCUT2D eigenvalue weighted by atomic mass is 9.48. The fraction of sp³-hybridized carbons (Fsp3) is 0.519. The third-order valence-electron chi connectivity index (χ3n) is 22.4. The number of quaternary nitrogens is 1. The summed E-state index contributed by atoms with van der Waals surface area (Å²) in [5.74, 6) is -4.88. The van der Waals surface area contributed by atoms with E-state index in [0.29, 0.717) is 94.1 Å². The van der Waals surface area contributed by atoms with Crippen molar-refractivity contribution in [1.82, 2.24) is 60.6 Å². The van der Waals surface area contributed by atoms with Crippen molar-refractivity contribution < 1.29 is 77.2 Å². The summed E-state index contributed by atoms with van der Waals surface area (Å²) in [7, 11) is 1.54. The molecule has 4 aromatic heterocycles. The average molecular weight is 1530 g/mol. The summed E-state index contributed by atoms with van der Waals surface area (Å²) in [4.78, 5) is 143. The third-order valence-corrected chi connectivity index (χ3v) is 23.3. The molecule has 10 N–H and O–H groups in total. The number of carboxylic acid groups (broad SMARTS) is 3. The first-order valence-corrected chi connectivity index (χ1v) is 38.5. The Morgan fingerprint density at radius 2 is 1.56 bits per heavy atom. The predicted octanol–water partition coefficient (Wildman–Crippen LogP) is 6.43. The van der Waals surface area contributed by atoms with Gasteiger partial charge in [0.1, 0.15) is 31.0 Å². The number of hydrogen-bond acceptors (Lipinski definition) is 21. The van der Waals surface area contributed by atoms with E-state index in [4.69, 9.17) is 35.4 Å². The quantitative estimate of drug-likeness (QED) is 0.0115. The number of carboxylic acids is 3. The van der Waals surface area contributed by atoms with E-state index >= 15 is 0 Å². The Labute approximate surface area is 640 Å². The molecule has 110 heavy (non-hydrogen) atoms. The molecule has 4 atom stereocenters. The van der Waals surface area contributed by atoms with E-state index in [9.17, 15) is 63.3 Å². The van der Waals surface area contributed by atoms with Crippen LogP contribution in [0.3, 0.4) is 0 Å². The van der Waals surface area contributed by atoms with Crippen molar-refractivity contribution in [2.75, 3.05) is 101 Å². The van der Waals surface area contributed by atoms with Crippen molar-refractivity contribution in [3.8, 4) is 11.1 Å². The molecule has 0 radical (unpaired) electrons. The number of aliphatic carboxylic acids is 2. The molecule has 3 aliphatic heterocycles. The highest BCUT2D eigenvalue weighted by molar-refractivity contribution is 7.22. The molecule has 1 saturated heterocycles. The van der Waals surface area contributed by atoms with Gasteiger partial charge in [-0.15, -0.1) is 10.2 Å². The molecule has 4 saturated carbocycles. The fourth-order valence-corrected chi connectivity index (χ4v) is 18.3. The Balaban J connectivity index is 0.726. The number of para-hydroxylation sites is 1. The van der Waals surface area contributed by atoms with Gasteiger partial charge < -0.3 is 71.4 Å². The van der Waals surface area contributed by atoms with Crippen LogP contribution >= 0.6 is 11.3 Å². The van der Waals surface area contributed by atoms with Crippen LogP contribution in [0.25, 0.3) is 21.3 Å². The van der Waals surface area contributed by atoms with Crippen LogP contribution in [0.15, 0.2) is 72.9 Å². The highest BCUT2D eigenvalue weighted by atomic mass is 32.1. The van der Waals surface area contributed by atoms with E-state index in [1.165, 1.54) is 23.3 Å². The number of urea groups is 1. The fourth-order valence-electron chi connectivity index (χ4n) is 17.5. The monoisotopic (exact) mass is 1530 g/mol. The number of carbonyl (C=O) groups excluding carboxylic acids is 7. The minimum absolute atomic E-state index is 0.00295. The smallest absolute Gasteiger partial charge is 0.355 e. The van der Waals surface area contributed by atoms with Crippen molar-refractivity contribution in [2.45, 2.75) is 148 Å². The van der Waals surface area contributed by atoms with Gasteiger partial charge in [-0.2, -0.15) is 5.10 Å². The number of imide groups is 1. The third kappa shape index (κ3) is 18.9. The number of nitrogens with one attached hydrogen (secondary N) is 5. The number of ether oxygens (including phenoxy) is 2. The molecule has 7 heterocycles. The summed E-state index contributed by atoms with van der Waals surface area (Å²) >= 11 is 1.54. The average Bonchev–Trinajstić information content (AvgIpc) is 1.02. The van der Waals surface area contributed by atoms with E-state index in [0.717, 1.165) is 132 Å². The van der Waals surface area contributed by atoms with E-state index in [2.05, 4.69) is 31.7 Å². The zero-order valence-electron chi connectivity index (χ0n) is 62.8. The lowest BCUT2D eigenvalue weighted by molar-refractivity contribution is -0.930. The zero-order chi connectivity index (χ0) is 78.2. The second-order valence-electron chi connectivity index (χ2n) is 30.8. The standard InChI is InChI=1S/C77H97N17O15S/c1-46(2)67(85-61(95)22-29-108-30-25-92-62(96)20-21-63(92)97)72(104)82-58(14-10-23-79-74(78)107)71(103)81-53-17-16-51(52(33-53)39-89(5)64(98)40-90(41-65(99)100)42-66(101)102)43-94(26-8-9-27-94)28-31-109-77-36-49-32-50(37-77)35-76(34-49,44-77)45-93-48(4)56(38-80-93)55-18-19-60(84-68(55)73(105)106)91-24-11-12-54-47(3)69(87-88-70(54)91)86-75-83-57-13-6-7-15-59(57)110-75/h6-7,13,15-21,33,38,46,49-50,58,67H,8-12,14,22-32,34-37,39-45H2,1-5H3,(H9-,78,79,81,82,83,85,86,87,95,99,100,101,102,103,104,105,106,107)/p+1/t49?,50?,58-,67-,76?,77?/m0/s1. The molecule has 32 nitrogen and oxygen atoms in total. The van der Waals surface area contributed by atoms with Crippen molar-refractivity contribution in [3.63, 3.8) is 0 Å². The number of likely N-dealkylation sites (N-methyl/N-ethyl adjacent to an activating group) is 1. The van der Waals surface area contributed by atoms with Gasteiger partial charge in [0.25, 0.3) is 11.8 Å². The topological polar surface area (TPSA) is 418 Å². The molecule has 2 unspecified atom stereocenters. The van der Waals surface area contributed by atoms with E-state index in [1.54, 1.807) is 32.2 Å². The summed E-state index contributed by atoms with van der Waals surface area (Å²) < 4.78 is 16.6. The van der Waals surface area contributed by atoms with Gasteiger partial charge in [-0.1, -0.05) is 43.4 Å². The molecule has 8 amide bonds. The van der Waals surface area contributed by atoms with Gasteiger partial charge in [0.15, 0.2) is 22.5 Å². The second kappa shape index (κ2) is 34.3. The van der Waals surface area contributed by atoms with E-state index in [-0.39, 0.29) is 68.8 Å². The summed E-state index contributed by atoms with van der Waals surface area (Å²) in [5.41, 5.74) is 11.5. The summed E-state index contributed by atoms with van der Waals surface area (Å²) in [6.07, 6.45) is 13.6. The molecule has 13 rings (SSSR count). The number of aromatic carboxylic acids is 1. The number of fused-ring (bicyclic) bond motifs is 2. The maximum atomic E-state index is 14.6. The van der Waals surface area contributed by atoms with Crippen LogP contribution in [0.4, 0.5) is 33.1 Å². The first-order chi connectivity index (χ1) is 52.6. The van der Waals surface area contributed by atoms with Crippen LogP contribution in [0.2, 0.25) is 0 Å². The molecular weight excluding hydrogens is 1440 g/mol. The van der Waals surface area contributed by atoms with E-state index < -0.39 is 97.0 Å². The Morgan fingerprint density at radius 3 is 2.26 bits per heavy atom. The number of hydrogen-bond donors (Lipinski definition) is 9. The molecule has 7 aliphatic rings. The zero-order valence-corrected chi connectivity index (χ0v) is 63.6. The molecule has 2 aromatic carbocycles. The van der Waals surface area contributed by atoms with Crippen LogP contribution in [-0.2, 0) is 73.9 Å². The second-order valence-corrected chi connectivity index (χ2v) is 31.9. The van der Waals surface area contributed by atoms with Crippen molar-refractivity contribution >= 4 is 109 Å². The Kier molecular flexibility index (Phi) is 24.7. The number of carbonyl (C=O) groups is 10. The number of anilines is 5. The van der Waals surface area contributed by atoms with Gasteiger partial charge in [0, 0.05) is 104 Å². The number of amides is 8. The van der Waals surface area contributed by atoms with Gasteiger partial charge >= 0.3 is 23.9 Å². The predicted molar refractivity (Wildman–Crippen MR) is 406 cm³/mol. The number of nitrogens with two attached hydrogens (primary N) is 1. The molecule has 4 bridgehead atoms. The largest absolute Gasteiger partial charge is 0.480 e. The SMILES string of the molecule is Cc1c(Nc2nc3ccccc3s2)nnc2c1CCCN2c1ccc(-c2cnn(CC34CC5CC(C3)CC(OCC[N+]3(Cc6ccc(NC(=O)[C@H](CCCNC(N)=O)NC(=O)[C@@H](NC(=O)CCOCCN7C(=O)C=CC7=O)C(C)C)cc6CN(C)C(=O)CN(CC(=O)O)CC(=O)O)CCCC3)(C5)C4)c2C)c(C(=O)O)n1. The number of likely N-dealkylation sites (tertiary alicyclic amines) is 1. The lowest BCUT2D eigenvalue weighted by Gasteiger charge is -2.61. The lowest BCUT2D eigenvalue weighted by Crippen LogP contribution is -2.58. The summed E-state index contributed by atoms with van der Waals surface area (Å²) in [5, 5.41) is 59.5. The first kappa shape index (κ1) is 79.2. The summed E-state index contributed by atoms with van der Waals surface area (Å²) in [6.45, 7) is 10.1. The van der Waals surface area contributed by atoms with Crippen LogP contribution in [0.1, 0.15) is 129 Å². The Hall–Kier alpha value is -10.3. The number of primary amides is 1. The van der Waals surface area contributed by atoms with E-state index in [1.807, 2.05) is 65.9 Å². The number of rotatable bonds is 37. The van der Waals surface area contributed by atoms with Crippen LogP contribution in [-0.4, -0.2) is 227 Å². The molecule has 4 aliphatic carbocycles. The minimum atomic E-state index is -1.31. The highest BCUT2D eigenvalue weighted by Crippen LogP contribution is 2.63.